The quantitative estimate of drug-likeness (QED) is 0.555. The van der Waals surface area contributed by atoms with Crippen LogP contribution in [0.25, 0.3) is 0 Å². The van der Waals surface area contributed by atoms with E-state index in [1.54, 1.807) is 18.7 Å². The molecule has 2 atom stereocenters. The number of ketones is 1. The van der Waals surface area contributed by atoms with E-state index in [1.807, 2.05) is 0 Å². The van der Waals surface area contributed by atoms with Crippen LogP contribution in [0.4, 0.5) is 0 Å². The molecule has 0 aromatic heterocycles. The van der Waals surface area contributed by atoms with E-state index in [0.29, 0.717) is 11.2 Å². The fourth-order valence-corrected chi connectivity index (χ4v) is 2.78. The van der Waals surface area contributed by atoms with Crippen LogP contribution in [0.1, 0.15) is 13.3 Å². The van der Waals surface area contributed by atoms with E-state index in [2.05, 4.69) is 18.2 Å². The maximum Gasteiger partial charge on any atom is 0.165 e. The summed E-state index contributed by atoms with van der Waals surface area (Å²) in [4.78, 5) is 11.9. The molecular weight excluding hydrogens is 156 g/mol. The number of hydrogen-bond donors (Lipinski definition) is 0. The molecule has 1 aliphatic heterocycles. The van der Waals surface area contributed by atoms with E-state index in [4.69, 9.17) is 0 Å². The van der Waals surface area contributed by atoms with E-state index < -0.39 is 0 Å². The first-order valence-electron chi connectivity index (χ1n) is 3.83. The Hall–Kier alpha value is -0.500. The summed E-state index contributed by atoms with van der Waals surface area (Å²) in [6, 6.07) is 0. The van der Waals surface area contributed by atoms with Gasteiger partial charge in [-0.15, -0.1) is 11.8 Å². The zero-order valence-electron chi connectivity index (χ0n) is 6.41. The van der Waals surface area contributed by atoms with Crippen LogP contribution >= 0.6 is 11.8 Å². The first-order valence-corrected chi connectivity index (χ1v) is 4.71. The van der Waals surface area contributed by atoms with Crippen LogP contribution in [-0.4, -0.2) is 11.0 Å². The third-order valence-corrected chi connectivity index (χ3v) is 3.59. The lowest BCUT2D eigenvalue weighted by Crippen LogP contribution is -2.00. The number of fused-ring (bicyclic) bond motifs is 1. The van der Waals surface area contributed by atoms with Crippen molar-refractivity contribution in [2.24, 2.45) is 5.92 Å². The van der Waals surface area contributed by atoms with Crippen LogP contribution in [0.5, 0.6) is 0 Å². The van der Waals surface area contributed by atoms with Gasteiger partial charge >= 0.3 is 0 Å². The lowest BCUT2D eigenvalue weighted by Gasteiger charge is -2.03. The highest BCUT2D eigenvalue weighted by Gasteiger charge is 2.30. The summed E-state index contributed by atoms with van der Waals surface area (Å²) >= 11 is 1.71. The first-order chi connectivity index (χ1) is 5.27. The van der Waals surface area contributed by atoms with Crippen molar-refractivity contribution < 1.29 is 4.79 Å². The van der Waals surface area contributed by atoms with Gasteiger partial charge in [0.25, 0.3) is 0 Å². The molecule has 2 rings (SSSR count). The van der Waals surface area contributed by atoms with Crippen molar-refractivity contribution in [1.29, 1.82) is 0 Å². The SMILES string of the molecule is CC(=O)C1=CC2CC=CC2S1. The fourth-order valence-electron chi connectivity index (χ4n) is 1.52. The number of allylic oxidation sites excluding steroid dienone is 3. The molecule has 0 aromatic carbocycles. The Morgan fingerprint density at radius 1 is 1.73 bits per heavy atom. The molecule has 1 aliphatic carbocycles. The summed E-state index contributed by atoms with van der Waals surface area (Å²) in [5, 5.41) is 0.564. The minimum absolute atomic E-state index is 0.220. The van der Waals surface area contributed by atoms with Gasteiger partial charge in [0.2, 0.25) is 0 Å². The van der Waals surface area contributed by atoms with Crippen molar-refractivity contribution in [3.8, 4) is 0 Å². The van der Waals surface area contributed by atoms with Crippen molar-refractivity contribution in [2.75, 3.05) is 0 Å². The molecule has 0 spiro atoms. The summed E-state index contributed by atoms with van der Waals surface area (Å²) < 4.78 is 0. The minimum atomic E-state index is 0.220. The number of rotatable bonds is 1. The maximum absolute atomic E-state index is 11.0. The molecule has 0 N–H and O–H groups in total. The molecule has 11 heavy (non-hydrogen) atoms. The van der Waals surface area contributed by atoms with Crippen molar-refractivity contribution in [3.05, 3.63) is 23.1 Å². The van der Waals surface area contributed by atoms with Crippen LogP contribution in [0.2, 0.25) is 0 Å². The van der Waals surface area contributed by atoms with Crippen molar-refractivity contribution >= 4 is 17.5 Å². The Balaban J connectivity index is 2.15. The smallest absolute Gasteiger partial charge is 0.165 e. The largest absolute Gasteiger partial charge is 0.294 e. The average molecular weight is 166 g/mol. The highest BCUT2D eigenvalue weighted by atomic mass is 32.2. The third-order valence-electron chi connectivity index (χ3n) is 2.13. The summed E-state index contributed by atoms with van der Waals surface area (Å²) in [6.07, 6.45) is 7.66. The van der Waals surface area contributed by atoms with Gasteiger partial charge < -0.3 is 0 Å². The van der Waals surface area contributed by atoms with Gasteiger partial charge in [-0.05, 0) is 19.3 Å². The second kappa shape index (κ2) is 2.52. The van der Waals surface area contributed by atoms with E-state index in [0.717, 1.165) is 11.3 Å². The Morgan fingerprint density at radius 2 is 2.55 bits per heavy atom. The van der Waals surface area contributed by atoms with Crippen LogP contribution < -0.4 is 0 Å². The average Bonchev–Trinajstić information content (AvgIpc) is 2.40. The van der Waals surface area contributed by atoms with Crippen molar-refractivity contribution in [1.82, 2.24) is 0 Å². The Morgan fingerprint density at radius 3 is 3.18 bits per heavy atom. The fraction of sp³-hybridized carbons (Fsp3) is 0.444. The van der Waals surface area contributed by atoms with Gasteiger partial charge in [0.05, 0.1) is 0 Å². The van der Waals surface area contributed by atoms with Gasteiger partial charge in [0.1, 0.15) is 0 Å². The van der Waals surface area contributed by atoms with Crippen molar-refractivity contribution in [3.63, 3.8) is 0 Å². The van der Waals surface area contributed by atoms with E-state index in [-0.39, 0.29) is 5.78 Å². The molecule has 1 nitrogen and oxygen atoms in total. The zero-order valence-corrected chi connectivity index (χ0v) is 7.23. The molecular formula is C9H10OS. The van der Waals surface area contributed by atoms with E-state index >= 15 is 0 Å². The van der Waals surface area contributed by atoms with Crippen LogP contribution in [0.15, 0.2) is 23.1 Å². The molecule has 58 valence electrons. The Bertz CT molecular complexity index is 252. The molecule has 0 amide bonds. The first kappa shape index (κ1) is 7.17. The monoisotopic (exact) mass is 166 g/mol. The number of carbonyl (C=O) groups excluding carboxylic acids is 1. The molecule has 2 aliphatic rings. The standard InChI is InChI=1S/C9H10OS/c1-6(10)9-5-7-3-2-4-8(7)11-9/h2,4-5,7-8H,3H2,1H3. The van der Waals surface area contributed by atoms with Crippen molar-refractivity contribution in [2.45, 2.75) is 18.6 Å². The van der Waals surface area contributed by atoms with E-state index in [1.165, 1.54) is 0 Å². The van der Waals surface area contributed by atoms with Gasteiger partial charge in [-0.1, -0.05) is 18.2 Å². The molecule has 1 heterocycles. The van der Waals surface area contributed by atoms with E-state index in [9.17, 15) is 4.79 Å². The number of carbonyl (C=O) groups is 1. The van der Waals surface area contributed by atoms with Gasteiger partial charge in [-0.2, -0.15) is 0 Å². The predicted octanol–water partition coefficient (Wildman–Crippen LogP) is 2.15. The second-order valence-electron chi connectivity index (χ2n) is 3.00. The number of thioether (sulfide) groups is 1. The number of Topliss-reactive ketones (excluding diaryl/α,β-unsaturated/α-hetero) is 1. The summed E-state index contributed by atoms with van der Waals surface area (Å²) in [5.41, 5.74) is 0. The lowest BCUT2D eigenvalue weighted by atomic mass is 10.1. The van der Waals surface area contributed by atoms with Crippen LogP contribution in [0, 0.1) is 5.92 Å². The molecule has 2 unspecified atom stereocenters. The van der Waals surface area contributed by atoms with Gasteiger partial charge in [0, 0.05) is 10.2 Å². The molecule has 2 heteroatoms. The molecule has 0 radical (unpaired) electrons. The zero-order chi connectivity index (χ0) is 7.84. The second-order valence-corrected chi connectivity index (χ2v) is 4.22. The topological polar surface area (TPSA) is 17.1 Å². The highest BCUT2D eigenvalue weighted by Crippen LogP contribution is 2.42. The lowest BCUT2D eigenvalue weighted by molar-refractivity contribution is -0.112. The summed E-state index contributed by atoms with van der Waals surface area (Å²) in [6.45, 7) is 1.64. The Labute approximate surface area is 70.6 Å². The van der Waals surface area contributed by atoms with Gasteiger partial charge in [0.15, 0.2) is 5.78 Å². The summed E-state index contributed by atoms with van der Waals surface area (Å²) in [5.74, 6) is 0.830. The molecule has 0 saturated heterocycles. The van der Waals surface area contributed by atoms with Gasteiger partial charge in [-0.25, -0.2) is 0 Å². The summed E-state index contributed by atoms with van der Waals surface area (Å²) in [7, 11) is 0. The third kappa shape index (κ3) is 1.16. The van der Waals surface area contributed by atoms with Crippen LogP contribution in [0.3, 0.4) is 0 Å². The predicted molar refractivity (Wildman–Crippen MR) is 47.4 cm³/mol. The normalized spacial score (nSPS) is 33.7. The minimum Gasteiger partial charge on any atom is -0.294 e. The maximum atomic E-state index is 11.0. The molecule has 0 fully saturated rings. The Kier molecular flexibility index (Phi) is 1.64. The molecule has 0 saturated carbocycles. The number of hydrogen-bond acceptors (Lipinski definition) is 2. The van der Waals surface area contributed by atoms with Crippen LogP contribution in [-0.2, 0) is 4.79 Å². The van der Waals surface area contributed by atoms with Gasteiger partial charge in [-0.3, -0.25) is 4.79 Å². The highest BCUT2D eigenvalue weighted by molar-refractivity contribution is 8.05. The molecule has 0 aromatic rings. The molecule has 0 bridgehead atoms.